The molecule has 0 bridgehead atoms. The molecule has 132 valence electrons. The molecule has 8 heteroatoms. The monoisotopic (exact) mass is 346 g/mol. The summed E-state index contributed by atoms with van der Waals surface area (Å²) in [6.45, 7) is 10.2. The van der Waals surface area contributed by atoms with E-state index in [2.05, 4.69) is 18.7 Å². The van der Waals surface area contributed by atoms with Crippen molar-refractivity contribution in [2.75, 3.05) is 18.0 Å². The van der Waals surface area contributed by atoms with Gasteiger partial charge in [-0.05, 0) is 31.5 Å². The summed E-state index contributed by atoms with van der Waals surface area (Å²) >= 11 is 0. The van der Waals surface area contributed by atoms with E-state index in [1.54, 1.807) is 0 Å². The van der Waals surface area contributed by atoms with Gasteiger partial charge in [0.15, 0.2) is 5.03 Å². The van der Waals surface area contributed by atoms with Gasteiger partial charge in [0, 0.05) is 18.8 Å². The van der Waals surface area contributed by atoms with Crippen LogP contribution in [-0.4, -0.2) is 26.5 Å². The number of rotatable bonds is 7. The predicted molar refractivity (Wildman–Crippen MR) is 93.4 cm³/mol. The molecule has 0 aliphatic heterocycles. The maximum Gasteiger partial charge on any atom is 0.348 e. The highest BCUT2D eigenvalue weighted by atomic mass is 32.3. The van der Waals surface area contributed by atoms with Crippen molar-refractivity contribution in [3.05, 3.63) is 41.1 Å². The summed E-state index contributed by atoms with van der Waals surface area (Å²) in [4.78, 5) is 2.19. The minimum atomic E-state index is -4.90. The van der Waals surface area contributed by atoms with Crippen LogP contribution in [-0.2, 0) is 16.8 Å². The van der Waals surface area contributed by atoms with E-state index in [-0.39, 0.29) is 6.54 Å². The molecule has 0 unspecified atom stereocenters. The first-order chi connectivity index (χ1) is 10.8. The fourth-order valence-electron chi connectivity index (χ4n) is 1.88. The molecular formula is C15H27FN4O2S. The molecule has 0 radical (unpaired) electrons. The largest absolute Gasteiger partial charge is 0.386 e. The fourth-order valence-corrected chi connectivity index (χ4v) is 2.15. The van der Waals surface area contributed by atoms with Gasteiger partial charge in [0.05, 0.1) is 12.7 Å². The second-order valence-corrected chi connectivity index (χ2v) is 5.83. The molecule has 0 saturated carbocycles. The zero-order valence-corrected chi connectivity index (χ0v) is 15.0. The maximum absolute atomic E-state index is 12.6. The number of benzene rings is 1. The minimum absolute atomic E-state index is 0.217. The molecule has 0 aromatic heterocycles. The molecule has 1 aromatic rings. The van der Waals surface area contributed by atoms with Crippen LogP contribution in [0.25, 0.3) is 0 Å². The van der Waals surface area contributed by atoms with Gasteiger partial charge in [0.2, 0.25) is 0 Å². The number of anilines is 1. The van der Waals surface area contributed by atoms with E-state index in [1.165, 1.54) is 0 Å². The van der Waals surface area contributed by atoms with Crippen LogP contribution in [0.5, 0.6) is 0 Å². The Labute approximate surface area is 138 Å². The van der Waals surface area contributed by atoms with Crippen molar-refractivity contribution in [1.82, 2.24) is 5.01 Å². The SMILES string of the molecule is CC.CCN(CC)c1ccc(CN(N)/C=C(\N)S(=O)(=O)F)cc1. The van der Waals surface area contributed by atoms with Gasteiger partial charge in [-0.25, -0.2) is 5.84 Å². The van der Waals surface area contributed by atoms with E-state index in [9.17, 15) is 12.3 Å². The third kappa shape index (κ3) is 7.34. The Morgan fingerprint density at radius 1 is 1.17 bits per heavy atom. The van der Waals surface area contributed by atoms with Crippen LogP contribution in [0.1, 0.15) is 33.3 Å². The summed E-state index contributed by atoms with van der Waals surface area (Å²) < 4.78 is 33.7. The molecule has 0 saturated heterocycles. The quantitative estimate of drug-likeness (QED) is 0.447. The van der Waals surface area contributed by atoms with E-state index in [0.717, 1.165) is 35.5 Å². The number of hydrogen-bond donors (Lipinski definition) is 2. The molecule has 0 heterocycles. The molecule has 0 amide bonds. The summed E-state index contributed by atoms with van der Waals surface area (Å²) in [5.41, 5.74) is 7.02. The second kappa shape index (κ2) is 10.1. The van der Waals surface area contributed by atoms with Gasteiger partial charge in [0.25, 0.3) is 0 Å². The molecule has 0 aliphatic rings. The van der Waals surface area contributed by atoms with Crippen LogP contribution >= 0.6 is 0 Å². The topological polar surface area (TPSA) is 92.7 Å². The minimum Gasteiger partial charge on any atom is -0.386 e. The van der Waals surface area contributed by atoms with Gasteiger partial charge < -0.3 is 15.6 Å². The van der Waals surface area contributed by atoms with Gasteiger partial charge in [-0.2, -0.15) is 8.42 Å². The predicted octanol–water partition coefficient (Wildman–Crippen LogP) is 2.29. The third-order valence-corrected chi connectivity index (χ3v) is 3.67. The van der Waals surface area contributed by atoms with Gasteiger partial charge >= 0.3 is 10.2 Å². The van der Waals surface area contributed by atoms with E-state index < -0.39 is 15.3 Å². The highest BCUT2D eigenvalue weighted by Gasteiger charge is 2.12. The summed E-state index contributed by atoms with van der Waals surface area (Å²) in [6, 6.07) is 7.66. The molecule has 1 rings (SSSR count). The first-order valence-corrected chi connectivity index (χ1v) is 8.93. The Balaban J connectivity index is 0.00000232. The Morgan fingerprint density at radius 2 is 1.65 bits per heavy atom. The average Bonchev–Trinajstić information content (AvgIpc) is 2.51. The lowest BCUT2D eigenvalue weighted by atomic mass is 10.2. The zero-order chi connectivity index (χ0) is 18.0. The summed E-state index contributed by atoms with van der Waals surface area (Å²) in [7, 11) is -4.90. The molecule has 0 spiro atoms. The smallest absolute Gasteiger partial charge is 0.348 e. The van der Waals surface area contributed by atoms with Crippen molar-refractivity contribution in [3.8, 4) is 0 Å². The van der Waals surface area contributed by atoms with Crippen molar-refractivity contribution in [3.63, 3.8) is 0 Å². The average molecular weight is 346 g/mol. The van der Waals surface area contributed by atoms with Crippen LogP contribution in [0.2, 0.25) is 0 Å². The van der Waals surface area contributed by atoms with Gasteiger partial charge in [-0.15, -0.1) is 0 Å². The van der Waals surface area contributed by atoms with Crippen LogP contribution < -0.4 is 16.5 Å². The third-order valence-electron chi connectivity index (χ3n) is 3.00. The van der Waals surface area contributed by atoms with Crippen LogP contribution in [0.4, 0.5) is 9.57 Å². The standard InChI is InChI=1S/C13H21FN4O2S.C2H6/c1-3-17(4-2)12-7-5-11(6-8-12)9-18(16)10-13(15)21(14,19)20;1-2/h5-8,10H,3-4,9,15-16H2,1-2H3;1-2H3/b13-10+;. The Morgan fingerprint density at radius 3 is 2.04 bits per heavy atom. The van der Waals surface area contributed by atoms with Crippen molar-refractivity contribution in [2.45, 2.75) is 34.2 Å². The molecule has 1 aromatic carbocycles. The fraction of sp³-hybridized carbons (Fsp3) is 0.467. The highest BCUT2D eigenvalue weighted by molar-refractivity contribution is 7.90. The van der Waals surface area contributed by atoms with Crippen LogP contribution in [0.15, 0.2) is 35.5 Å². The lowest BCUT2D eigenvalue weighted by molar-refractivity contribution is 0.384. The second-order valence-electron chi connectivity index (χ2n) is 4.48. The first kappa shape index (κ1) is 21.2. The van der Waals surface area contributed by atoms with Crippen molar-refractivity contribution in [2.24, 2.45) is 11.6 Å². The Kier molecular flexibility index (Phi) is 9.28. The Hall–Kier alpha value is -1.80. The normalized spacial score (nSPS) is 11.5. The van der Waals surface area contributed by atoms with E-state index in [1.807, 2.05) is 38.1 Å². The van der Waals surface area contributed by atoms with Crippen LogP contribution in [0, 0.1) is 0 Å². The number of hydrogen-bond acceptors (Lipinski definition) is 6. The molecule has 0 fully saturated rings. The summed E-state index contributed by atoms with van der Waals surface area (Å²) in [5, 5.41) is 0.114. The lowest BCUT2D eigenvalue weighted by Gasteiger charge is -2.21. The molecular weight excluding hydrogens is 319 g/mol. The summed E-state index contributed by atoms with van der Waals surface area (Å²) in [6.07, 6.45) is 0.855. The zero-order valence-electron chi connectivity index (χ0n) is 14.2. The van der Waals surface area contributed by atoms with Gasteiger partial charge in [-0.3, -0.25) is 0 Å². The van der Waals surface area contributed by atoms with Crippen molar-refractivity contribution >= 4 is 15.9 Å². The molecule has 23 heavy (non-hydrogen) atoms. The first-order valence-electron chi connectivity index (χ1n) is 7.55. The highest BCUT2D eigenvalue weighted by Crippen LogP contribution is 2.15. The lowest BCUT2D eigenvalue weighted by Crippen LogP contribution is -2.27. The Bertz CT molecular complexity index is 584. The van der Waals surface area contributed by atoms with Gasteiger partial charge in [-0.1, -0.05) is 29.9 Å². The van der Waals surface area contributed by atoms with E-state index >= 15 is 0 Å². The van der Waals surface area contributed by atoms with E-state index in [0.29, 0.717) is 0 Å². The molecule has 0 atom stereocenters. The number of hydrazine groups is 1. The van der Waals surface area contributed by atoms with Crippen molar-refractivity contribution < 1.29 is 12.3 Å². The van der Waals surface area contributed by atoms with Gasteiger partial charge in [0.1, 0.15) is 0 Å². The number of nitrogens with two attached hydrogens (primary N) is 2. The molecule has 0 aliphatic carbocycles. The van der Waals surface area contributed by atoms with Crippen molar-refractivity contribution in [1.29, 1.82) is 0 Å². The van der Waals surface area contributed by atoms with E-state index in [4.69, 9.17) is 11.6 Å². The molecule has 4 N–H and O–H groups in total. The molecule has 6 nitrogen and oxygen atoms in total. The van der Waals surface area contributed by atoms with Crippen LogP contribution in [0.3, 0.4) is 0 Å². The number of nitrogens with zero attached hydrogens (tertiary/aromatic N) is 2. The maximum atomic E-state index is 12.6. The summed E-state index contributed by atoms with van der Waals surface area (Å²) in [5.74, 6) is 5.59. The number of halogens is 1.